The molecule has 0 radical (unpaired) electrons. The Kier molecular flexibility index (Phi) is 12.1. The lowest BCUT2D eigenvalue weighted by molar-refractivity contribution is -0.386. The lowest BCUT2D eigenvalue weighted by atomic mass is 9.45. The number of esters is 8. The third-order valence-corrected chi connectivity index (χ3v) is 11.8. The summed E-state index contributed by atoms with van der Waals surface area (Å²) in [6.45, 7) is 7.05. The molecule has 1 N–H and O–H groups in total. The second kappa shape index (κ2) is 16.5. The summed E-state index contributed by atoms with van der Waals surface area (Å²) in [6, 6.07) is 4.17. The highest BCUT2D eigenvalue weighted by Crippen LogP contribution is 2.70. The van der Waals surface area contributed by atoms with Crippen molar-refractivity contribution in [2.75, 3.05) is 13.2 Å². The average molecular weight is 858 g/mol. The maximum atomic E-state index is 14.3. The number of aromatic nitrogens is 1. The summed E-state index contributed by atoms with van der Waals surface area (Å²) < 4.78 is 60.1. The number of aliphatic hydroxyl groups is 1. The SMILES string of the molecule is CC(=O)OC[C@]12[C@H](OC(C)=O)[C@H](OC(C)=O)[C@@H]3C(OC(C)=O)[C@@]14O[C@@]3(C)COC(=O)c1cccnc1CC[C@H](C)C(=O)O[C@@H]([C@H](OC(=O)c1ccoc1)[C@@H]2OC(C)=O)[C@]4(C)O. The molecule has 12 atom stereocenters. The van der Waals surface area contributed by atoms with Crippen molar-refractivity contribution in [2.45, 2.75) is 122 Å². The molecule has 1 spiro atoms. The zero-order valence-corrected chi connectivity index (χ0v) is 34.7. The minimum absolute atomic E-state index is 0.0163. The average Bonchev–Trinajstić information content (AvgIpc) is 3.79. The minimum Gasteiger partial charge on any atom is -0.472 e. The summed E-state index contributed by atoms with van der Waals surface area (Å²) in [6.07, 6.45) is -8.59. The zero-order chi connectivity index (χ0) is 44.8. The Hall–Kier alpha value is -5.89. The summed E-state index contributed by atoms with van der Waals surface area (Å²) in [7, 11) is 0. The van der Waals surface area contributed by atoms with Gasteiger partial charge in [-0.05, 0) is 44.9 Å². The van der Waals surface area contributed by atoms with E-state index in [-0.39, 0.29) is 29.7 Å². The number of pyridine rings is 1. The molecule has 2 aromatic heterocycles. The molecule has 2 aromatic rings. The molecule has 20 nitrogen and oxygen atoms in total. The predicted molar refractivity (Wildman–Crippen MR) is 197 cm³/mol. The summed E-state index contributed by atoms with van der Waals surface area (Å²) in [5.41, 5.74) is -10.3. The Morgan fingerprint density at radius 1 is 0.836 bits per heavy atom. The van der Waals surface area contributed by atoms with Gasteiger partial charge in [-0.1, -0.05) is 6.92 Å². The zero-order valence-electron chi connectivity index (χ0n) is 34.7. The fourth-order valence-electron chi connectivity index (χ4n) is 9.54. The van der Waals surface area contributed by atoms with Gasteiger partial charge in [0.15, 0.2) is 30.0 Å². The number of furan rings is 1. The largest absolute Gasteiger partial charge is 0.472 e. The Balaban J connectivity index is 1.77. The van der Waals surface area contributed by atoms with Crippen LogP contribution in [0.2, 0.25) is 0 Å². The minimum atomic E-state index is -2.87. The molecule has 20 heteroatoms. The first-order valence-electron chi connectivity index (χ1n) is 19.4. The van der Waals surface area contributed by atoms with Gasteiger partial charge in [0, 0.05) is 40.8 Å². The van der Waals surface area contributed by atoms with Gasteiger partial charge in [-0.2, -0.15) is 0 Å². The first kappa shape index (κ1) is 44.7. The molecule has 1 unspecified atom stereocenters. The van der Waals surface area contributed by atoms with Crippen LogP contribution in [0.1, 0.15) is 88.2 Å². The number of cyclic esters (lactones) is 1. The summed E-state index contributed by atoms with van der Waals surface area (Å²) in [5, 5.41) is 13.6. The second-order valence-electron chi connectivity index (χ2n) is 16.1. The van der Waals surface area contributed by atoms with Gasteiger partial charge in [0.05, 0.1) is 34.9 Å². The van der Waals surface area contributed by atoms with Crippen LogP contribution < -0.4 is 0 Å². The van der Waals surface area contributed by atoms with E-state index >= 15 is 0 Å². The van der Waals surface area contributed by atoms with E-state index in [0.717, 1.165) is 54.1 Å². The van der Waals surface area contributed by atoms with Crippen LogP contribution >= 0.6 is 0 Å². The van der Waals surface area contributed by atoms with E-state index in [9.17, 15) is 43.5 Å². The standard InChI is InChI=1S/C41H47NO19/c1-19-11-12-27-26(10-9-14-42-27)37(50)54-17-38(7)28-29(55-21(3)44)33(57-23(5)46)40(18-53-20(2)43)34(58-24(6)47)30(59-36(49)25-13-15-52-16-25)32(60-35(19)48)39(8,51)41(40,61-38)31(28)56-22(4)45/h9-10,13-16,19,28-34,51H,11-12,17-18H2,1-8H3/t19-,28+,29+,30-,31?,32-,33+,34-,38-,39-,40+,41-/m0/s1. The monoisotopic (exact) mass is 857 g/mol. The smallest absolute Gasteiger partial charge is 0.341 e. The molecule has 2 aliphatic carbocycles. The topological polar surface area (TPSA) is 266 Å². The van der Waals surface area contributed by atoms with Crippen LogP contribution in [0.4, 0.5) is 0 Å². The number of aryl methyl sites for hydroxylation is 1. The summed E-state index contributed by atoms with van der Waals surface area (Å²) in [5.74, 6) is -10.8. The van der Waals surface area contributed by atoms with Gasteiger partial charge in [0.25, 0.3) is 0 Å². The highest BCUT2D eigenvalue weighted by molar-refractivity contribution is 5.91. The summed E-state index contributed by atoms with van der Waals surface area (Å²) >= 11 is 0. The molecular formula is C41H47NO19. The normalized spacial score (nSPS) is 35.4. The lowest BCUT2D eigenvalue weighted by Gasteiger charge is -2.67. The Bertz CT molecular complexity index is 2100. The summed E-state index contributed by atoms with van der Waals surface area (Å²) in [4.78, 5) is 113. The van der Waals surface area contributed by atoms with Crippen LogP contribution in [-0.2, 0) is 77.8 Å². The van der Waals surface area contributed by atoms with E-state index in [1.54, 1.807) is 0 Å². The molecule has 0 amide bonds. The quantitative estimate of drug-likeness (QED) is 0.293. The van der Waals surface area contributed by atoms with Gasteiger partial charge < -0.3 is 52.2 Å². The molecule has 3 fully saturated rings. The molecule has 2 saturated carbocycles. The van der Waals surface area contributed by atoms with Gasteiger partial charge in [-0.25, -0.2) is 9.59 Å². The van der Waals surface area contributed by atoms with Crippen LogP contribution in [-0.4, -0.2) is 124 Å². The van der Waals surface area contributed by atoms with Gasteiger partial charge in [0.2, 0.25) is 0 Å². The Morgan fingerprint density at radius 3 is 2.05 bits per heavy atom. The number of rotatable bonds is 8. The van der Waals surface area contributed by atoms with E-state index in [1.165, 1.54) is 38.2 Å². The van der Waals surface area contributed by atoms with Gasteiger partial charge >= 0.3 is 47.8 Å². The van der Waals surface area contributed by atoms with E-state index in [1.807, 2.05) is 0 Å². The second-order valence-corrected chi connectivity index (χ2v) is 16.1. The molecular weight excluding hydrogens is 810 g/mol. The van der Waals surface area contributed by atoms with Crippen molar-refractivity contribution in [3.8, 4) is 0 Å². The molecule has 6 rings (SSSR count). The van der Waals surface area contributed by atoms with Crippen molar-refractivity contribution < 1.29 is 90.5 Å². The number of nitrogens with zero attached hydrogens (tertiary/aromatic N) is 1. The molecule has 61 heavy (non-hydrogen) atoms. The van der Waals surface area contributed by atoms with Crippen molar-refractivity contribution in [1.29, 1.82) is 0 Å². The van der Waals surface area contributed by atoms with E-state index < -0.39 is 132 Å². The van der Waals surface area contributed by atoms with Gasteiger partial charge in [-0.3, -0.25) is 33.8 Å². The number of hydrogen-bond acceptors (Lipinski definition) is 20. The third kappa shape index (κ3) is 7.59. The lowest BCUT2D eigenvalue weighted by Crippen LogP contribution is -2.89. The highest BCUT2D eigenvalue weighted by Gasteiger charge is 2.92. The van der Waals surface area contributed by atoms with Crippen molar-refractivity contribution in [3.63, 3.8) is 0 Å². The first-order chi connectivity index (χ1) is 28.6. The number of carbonyl (C=O) groups is 8. The Morgan fingerprint density at radius 2 is 1.46 bits per heavy atom. The van der Waals surface area contributed by atoms with Crippen LogP contribution in [0, 0.1) is 17.3 Å². The van der Waals surface area contributed by atoms with E-state index in [4.69, 9.17) is 47.0 Å². The van der Waals surface area contributed by atoms with Crippen molar-refractivity contribution >= 4 is 47.8 Å². The molecule has 0 aromatic carbocycles. The van der Waals surface area contributed by atoms with Crippen LogP contribution in [0.25, 0.3) is 0 Å². The molecule has 330 valence electrons. The third-order valence-electron chi connectivity index (χ3n) is 11.8. The molecule has 4 heterocycles. The van der Waals surface area contributed by atoms with Crippen molar-refractivity contribution in [1.82, 2.24) is 4.98 Å². The number of fused-ring (bicyclic) bond motifs is 5. The first-order valence-corrected chi connectivity index (χ1v) is 19.4. The maximum Gasteiger partial charge on any atom is 0.341 e. The molecule has 1 saturated heterocycles. The number of hydrogen-bond donors (Lipinski definition) is 1. The highest BCUT2D eigenvalue weighted by atomic mass is 16.7. The van der Waals surface area contributed by atoms with Crippen molar-refractivity contribution in [3.05, 3.63) is 53.7 Å². The molecule has 4 aliphatic rings. The van der Waals surface area contributed by atoms with Crippen molar-refractivity contribution in [2.24, 2.45) is 17.3 Å². The maximum absolute atomic E-state index is 14.3. The van der Waals surface area contributed by atoms with E-state index in [2.05, 4.69) is 4.98 Å². The van der Waals surface area contributed by atoms with E-state index in [0.29, 0.717) is 0 Å². The molecule has 2 aliphatic heterocycles. The predicted octanol–water partition coefficient (Wildman–Crippen LogP) is 1.75. The Labute approximate surface area is 348 Å². The fraction of sp³-hybridized carbons (Fsp3) is 0.585. The van der Waals surface area contributed by atoms with Crippen LogP contribution in [0.3, 0.4) is 0 Å². The van der Waals surface area contributed by atoms with Gasteiger partial charge in [-0.15, -0.1) is 0 Å². The number of carbonyl (C=O) groups excluding carboxylic acids is 8. The fourth-order valence-corrected chi connectivity index (χ4v) is 9.54. The van der Waals surface area contributed by atoms with Crippen LogP contribution in [0.15, 0.2) is 41.3 Å². The molecule has 4 bridgehead atoms. The number of ether oxygens (including phenoxy) is 9. The van der Waals surface area contributed by atoms with Gasteiger partial charge in [0.1, 0.15) is 48.3 Å². The van der Waals surface area contributed by atoms with Crippen LogP contribution in [0.5, 0.6) is 0 Å².